The van der Waals surface area contributed by atoms with Crippen LogP contribution in [0.25, 0.3) is 10.9 Å². The molecule has 152 valence electrons. The van der Waals surface area contributed by atoms with Crippen LogP contribution in [-0.2, 0) is 4.79 Å². The monoisotopic (exact) mass is 406 g/mol. The van der Waals surface area contributed by atoms with E-state index < -0.39 is 17.8 Å². The molecule has 30 heavy (non-hydrogen) atoms. The Morgan fingerprint density at radius 1 is 1.07 bits per heavy atom. The summed E-state index contributed by atoms with van der Waals surface area (Å²) in [5, 5.41) is 6.36. The molecule has 2 heterocycles. The van der Waals surface area contributed by atoms with Crippen LogP contribution in [0.3, 0.4) is 0 Å². The Morgan fingerprint density at radius 2 is 1.80 bits per heavy atom. The largest absolute Gasteiger partial charge is 0.327 e. The highest BCUT2D eigenvalue weighted by atomic mass is 19.1. The van der Waals surface area contributed by atoms with E-state index in [1.807, 2.05) is 6.92 Å². The second-order valence-corrected chi connectivity index (χ2v) is 7.12. The Labute approximate surface area is 171 Å². The number of hydrogen-bond donors (Lipinski definition) is 3. The van der Waals surface area contributed by atoms with E-state index in [0.717, 1.165) is 5.56 Å². The molecule has 0 saturated heterocycles. The first-order valence-electron chi connectivity index (χ1n) is 9.28. The molecule has 4 rings (SSSR count). The standard InChI is InChI=1S/C22H19FN4O3/c1-12-3-9-17-15(8-10-18(28)24-17)19(12)25-21(29)16-11-27(2)22(30)26-20(16)13-4-6-14(23)7-5-13/h3-11,20H,1-2H3,(H,24,28)(H,25,29)(H,26,30)/t20-/m0/s1. The molecule has 0 radical (unpaired) electrons. The number of aromatic amines is 1. The minimum Gasteiger partial charge on any atom is -0.327 e. The fourth-order valence-corrected chi connectivity index (χ4v) is 3.45. The van der Waals surface area contributed by atoms with Crippen molar-refractivity contribution >= 4 is 28.5 Å². The molecule has 3 amide bonds. The van der Waals surface area contributed by atoms with Crippen molar-refractivity contribution in [2.75, 3.05) is 12.4 Å². The van der Waals surface area contributed by atoms with Gasteiger partial charge in [0.15, 0.2) is 0 Å². The number of carbonyl (C=O) groups excluding carboxylic acids is 2. The number of carbonyl (C=O) groups is 2. The number of halogens is 1. The number of nitrogens with zero attached hydrogens (tertiary/aromatic N) is 1. The maximum absolute atomic E-state index is 13.3. The third-order valence-corrected chi connectivity index (χ3v) is 5.05. The van der Waals surface area contributed by atoms with E-state index in [4.69, 9.17) is 0 Å². The molecule has 0 aliphatic carbocycles. The Hall–Kier alpha value is -3.94. The number of aryl methyl sites for hydroxylation is 1. The molecule has 8 heteroatoms. The van der Waals surface area contributed by atoms with Gasteiger partial charge in [0.1, 0.15) is 5.82 Å². The van der Waals surface area contributed by atoms with Gasteiger partial charge in [-0.15, -0.1) is 0 Å². The number of fused-ring (bicyclic) bond motifs is 1. The van der Waals surface area contributed by atoms with Gasteiger partial charge in [0.05, 0.1) is 22.8 Å². The molecule has 0 fully saturated rings. The van der Waals surface area contributed by atoms with Crippen molar-refractivity contribution in [3.8, 4) is 0 Å². The molecule has 0 bridgehead atoms. The molecule has 7 nitrogen and oxygen atoms in total. The Kier molecular flexibility index (Phi) is 4.83. The lowest BCUT2D eigenvalue weighted by Crippen LogP contribution is -2.44. The van der Waals surface area contributed by atoms with E-state index in [9.17, 15) is 18.8 Å². The summed E-state index contributed by atoms with van der Waals surface area (Å²) >= 11 is 0. The molecule has 3 aromatic rings. The number of anilines is 1. The number of amides is 3. The minimum atomic E-state index is -0.732. The van der Waals surface area contributed by atoms with Crippen LogP contribution in [0.4, 0.5) is 14.9 Å². The Morgan fingerprint density at radius 3 is 2.53 bits per heavy atom. The van der Waals surface area contributed by atoms with E-state index in [1.54, 1.807) is 18.2 Å². The maximum atomic E-state index is 13.3. The number of aromatic nitrogens is 1. The molecule has 0 spiro atoms. The highest BCUT2D eigenvalue weighted by Crippen LogP contribution is 2.30. The number of urea groups is 1. The second kappa shape index (κ2) is 7.47. The van der Waals surface area contributed by atoms with Crippen molar-refractivity contribution < 1.29 is 14.0 Å². The van der Waals surface area contributed by atoms with Gasteiger partial charge in [0.25, 0.3) is 5.91 Å². The summed E-state index contributed by atoms with van der Waals surface area (Å²) in [4.78, 5) is 41.0. The van der Waals surface area contributed by atoms with Crippen molar-refractivity contribution in [1.82, 2.24) is 15.2 Å². The van der Waals surface area contributed by atoms with E-state index in [1.165, 1.54) is 48.5 Å². The SMILES string of the molecule is Cc1ccc2[nH]c(=O)ccc2c1NC(=O)C1=CN(C)C(=O)N[C@H]1c1ccc(F)cc1. The topological polar surface area (TPSA) is 94.3 Å². The van der Waals surface area contributed by atoms with Crippen molar-refractivity contribution in [3.05, 3.63) is 87.6 Å². The fraction of sp³-hybridized carbons (Fsp3) is 0.136. The van der Waals surface area contributed by atoms with E-state index in [-0.39, 0.29) is 11.6 Å². The molecular weight excluding hydrogens is 387 g/mol. The van der Waals surface area contributed by atoms with Crippen molar-refractivity contribution in [2.45, 2.75) is 13.0 Å². The van der Waals surface area contributed by atoms with Gasteiger partial charge in [0.2, 0.25) is 5.56 Å². The summed E-state index contributed by atoms with van der Waals surface area (Å²) in [5.74, 6) is -0.827. The second-order valence-electron chi connectivity index (χ2n) is 7.12. The highest BCUT2D eigenvalue weighted by Gasteiger charge is 2.31. The summed E-state index contributed by atoms with van der Waals surface area (Å²) < 4.78 is 13.3. The molecule has 0 unspecified atom stereocenters. The smallest absolute Gasteiger partial charge is 0.321 e. The molecular formula is C22H19FN4O3. The van der Waals surface area contributed by atoms with Crippen LogP contribution in [0.15, 0.2) is 65.1 Å². The fourth-order valence-electron chi connectivity index (χ4n) is 3.45. The van der Waals surface area contributed by atoms with Gasteiger partial charge in [-0.05, 0) is 42.3 Å². The molecule has 1 aliphatic rings. The summed E-state index contributed by atoms with van der Waals surface area (Å²) in [6, 6.07) is 11.1. The predicted molar refractivity (Wildman–Crippen MR) is 111 cm³/mol. The molecule has 1 atom stereocenters. The van der Waals surface area contributed by atoms with Crippen LogP contribution in [0.1, 0.15) is 17.2 Å². The summed E-state index contributed by atoms with van der Waals surface area (Å²) in [6.45, 7) is 1.85. The number of hydrogen-bond acceptors (Lipinski definition) is 3. The van der Waals surface area contributed by atoms with Gasteiger partial charge in [-0.1, -0.05) is 18.2 Å². The number of benzene rings is 2. The minimum absolute atomic E-state index is 0.237. The van der Waals surface area contributed by atoms with Crippen molar-refractivity contribution in [2.24, 2.45) is 0 Å². The first-order valence-corrected chi connectivity index (χ1v) is 9.28. The lowest BCUT2D eigenvalue weighted by atomic mass is 9.96. The number of rotatable bonds is 3. The summed E-state index contributed by atoms with van der Waals surface area (Å²) in [5.41, 5.74) is 2.62. The van der Waals surface area contributed by atoms with Crippen LogP contribution in [0.2, 0.25) is 0 Å². The van der Waals surface area contributed by atoms with Crippen molar-refractivity contribution in [1.29, 1.82) is 0 Å². The number of nitrogens with one attached hydrogen (secondary N) is 3. The van der Waals surface area contributed by atoms with Crippen LogP contribution in [0.5, 0.6) is 0 Å². The third kappa shape index (κ3) is 3.55. The quantitative estimate of drug-likeness (QED) is 0.624. The molecule has 1 aromatic heterocycles. The highest BCUT2D eigenvalue weighted by molar-refractivity contribution is 6.10. The Bertz CT molecular complexity index is 1250. The normalized spacial score (nSPS) is 16.2. The van der Waals surface area contributed by atoms with Gasteiger partial charge in [-0.2, -0.15) is 0 Å². The number of pyridine rings is 1. The van der Waals surface area contributed by atoms with E-state index in [2.05, 4.69) is 15.6 Å². The first kappa shape index (κ1) is 19.4. The lowest BCUT2D eigenvalue weighted by molar-refractivity contribution is -0.113. The third-order valence-electron chi connectivity index (χ3n) is 5.05. The van der Waals surface area contributed by atoms with Crippen LogP contribution in [-0.4, -0.2) is 28.9 Å². The van der Waals surface area contributed by atoms with E-state index in [0.29, 0.717) is 27.7 Å². The Balaban J connectivity index is 1.74. The van der Waals surface area contributed by atoms with Crippen LogP contribution < -0.4 is 16.2 Å². The zero-order valence-corrected chi connectivity index (χ0v) is 16.3. The molecule has 0 saturated carbocycles. The number of H-pyrrole nitrogens is 1. The first-order chi connectivity index (χ1) is 14.3. The van der Waals surface area contributed by atoms with E-state index >= 15 is 0 Å². The average Bonchev–Trinajstić information content (AvgIpc) is 2.72. The predicted octanol–water partition coefficient (Wildman–Crippen LogP) is 3.19. The molecule has 1 aliphatic heterocycles. The van der Waals surface area contributed by atoms with Gasteiger partial charge in [-0.25, -0.2) is 9.18 Å². The van der Waals surface area contributed by atoms with Crippen LogP contribution >= 0.6 is 0 Å². The van der Waals surface area contributed by atoms with Crippen LogP contribution in [0, 0.1) is 12.7 Å². The van der Waals surface area contributed by atoms with Gasteiger partial charge < -0.3 is 20.5 Å². The zero-order valence-electron chi connectivity index (χ0n) is 16.3. The van der Waals surface area contributed by atoms with Gasteiger partial charge in [-0.3, -0.25) is 9.59 Å². The zero-order chi connectivity index (χ0) is 21.4. The molecule has 2 aromatic carbocycles. The summed E-state index contributed by atoms with van der Waals surface area (Å²) in [6.07, 6.45) is 1.46. The van der Waals surface area contributed by atoms with Gasteiger partial charge >= 0.3 is 6.03 Å². The lowest BCUT2D eigenvalue weighted by Gasteiger charge is -2.30. The van der Waals surface area contributed by atoms with Crippen molar-refractivity contribution in [3.63, 3.8) is 0 Å². The summed E-state index contributed by atoms with van der Waals surface area (Å²) in [7, 11) is 1.54. The molecule has 3 N–H and O–H groups in total. The average molecular weight is 406 g/mol. The van der Waals surface area contributed by atoms with Gasteiger partial charge in [0, 0.05) is 24.7 Å². The maximum Gasteiger partial charge on any atom is 0.321 e.